The van der Waals surface area contributed by atoms with Gasteiger partial charge in [0.2, 0.25) is 5.91 Å². The molecule has 122 valence electrons. The number of amides is 1. The highest BCUT2D eigenvalue weighted by Crippen LogP contribution is 2.33. The topological polar surface area (TPSA) is 72.6 Å². The Morgan fingerprint density at radius 2 is 2.00 bits per heavy atom. The molecule has 0 aromatic heterocycles. The van der Waals surface area contributed by atoms with Crippen molar-refractivity contribution >= 4 is 11.9 Å². The van der Waals surface area contributed by atoms with E-state index < -0.39 is 30.5 Å². The fraction of sp³-hybridized carbons (Fsp3) is 0.846. The molecule has 2 atom stereocenters. The average molecular weight is 310 g/mol. The lowest BCUT2D eigenvalue weighted by atomic mass is 9.94. The predicted octanol–water partition coefficient (Wildman–Crippen LogP) is 1.32. The zero-order valence-electron chi connectivity index (χ0n) is 12.0. The minimum absolute atomic E-state index is 0.0774. The summed E-state index contributed by atoms with van der Waals surface area (Å²) in [6.45, 7) is -1.36. The van der Waals surface area contributed by atoms with Crippen molar-refractivity contribution in [3.05, 3.63) is 0 Å². The molecule has 8 heteroatoms. The van der Waals surface area contributed by atoms with E-state index >= 15 is 0 Å². The van der Waals surface area contributed by atoms with E-state index in [4.69, 9.17) is 5.73 Å². The molecule has 0 spiro atoms. The standard InChI is InChI=1S/C13H21F3N2O3/c1-21-11(19)5-6-18(8-13(14,15)16)12(20)10-4-2-3-9(10)7-17/h9-10H,2-8,17H2,1H3. The van der Waals surface area contributed by atoms with Crippen molar-refractivity contribution in [2.45, 2.75) is 31.9 Å². The molecule has 0 saturated heterocycles. The maximum absolute atomic E-state index is 12.6. The third-order valence-electron chi connectivity index (χ3n) is 3.77. The van der Waals surface area contributed by atoms with Gasteiger partial charge in [-0.1, -0.05) is 6.42 Å². The van der Waals surface area contributed by atoms with Crippen molar-refractivity contribution in [2.24, 2.45) is 17.6 Å². The van der Waals surface area contributed by atoms with E-state index in [0.717, 1.165) is 20.0 Å². The van der Waals surface area contributed by atoms with Crippen molar-refractivity contribution in [2.75, 3.05) is 26.7 Å². The molecule has 1 amide bonds. The van der Waals surface area contributed by atoms with Crippen LogP contribution in [0.15, 0.2) is 0 Å². The van der Waals surface area contributed by atoms with Gasteiger partial charge in [-0.25, -0.2) is 0 Å². The molecule has 0 radical (unpaired) electrons. The summed E-state index contributed by atoms with van der Waals surface area (Å²) < 4.78 is 42.2. The van der Waals surface area contributed by atoms with E-state index in [-0.39, 0.29) is 25.4 Å². The zero-order chi connectivity index (χ0) is 16.0. The first-order valence-corrected chi connectivity index (χ1v) is 6.91. The predicted molar refractivity (Wildman–Crippen MR) is 69.2 cm³/mol. The number of hydrogen-bond donors (Lipinski definition) is 1. The highest BCUT2D eigenvalue weighted by atomic mass is 19.4. The molecular weight excluding hydrogens is 289 g/mol. The van der Waals surface area contributed by atoms with Crippen LogP contribution in [0.1, 0.15) is 25.7 Å². The molecule has 0 aromatic carbocycles. The summed E-state index contributed by atoms with van der Waals surface area (Å²) in [5.41, 5.74) is 5.57. The maximum Gasteiger partial charge on any atom is 0.406 e. The van der Waals surface area contributed by atoms with Gasteiger partial charge in [-0.05, 0) is 25.3 Å². The molecule has 0 bridgehead atoms. The quantitative estimate of drug-likeness (QED) is 0.751. The smallest absolute Gasteiger partial charge is 0.406 e. The van der Waals surface area contributed by atoms with Gasteiger partial charge in [-0.15, -0.1) is 0 Å². The third-order valence-corrected chi connectivity index (χ3v) is 3.77. The van der Waals surface area contributed by atoms with Gasteiger partial charge < -0.3 is 15.4 Å². The van der Waals surface area contributed by atoms with Gasteiger partial charge in [0.25, 0.3) is 0 Å². The minimum atomic E-state index is -4.50. The number of methoxy groups -OCH3 is 1. The van der Waals surface area contributed by atoms with Crippen LogP contribution in [0.2, 0.25) is 0 Å². The Kier molecular flexibility index (Phi) is 6.44. The Morgan fingerprint density at radius 1 is 1.33 bits per heavy atom. The van der Waals surface area contributed by atoms with Crippen LogP contribution in [0.4, 0.5) is 13.2 Å². The lowest BCUT2D eigenvalue weighted by molar-refractivity contribution is -0.165. The second-order valence-electron chi connectivity index (χ2n) is 5.23. The fourth-order valence-electron chi connectivity index (χ4n) is 2.69. The summed E-state index contributed by atoms with van der Waals surface area (Å²) in [5.74, 6) is -1.76. The molecule has 0 heterocycles. The van der Waals surface area contributed by atoms with Gasteiger partial charge in [-0.2, -0.15) is 13.2 Å². The van der Waals surface area contributed by atoms with E-state index in [1.54, 1.807) is 0 Å². The number of alkyl halides is 3. The van der Waals surface area contributed by atoms with Gasteiger partial charge in [0.05, 0.1) is 13.5 Å². The summed E-state index contributed by atoms with van der Waals surface area (Å²) in [6.07, 6.45) is -2.66. The molecule has 0 aromatic rings. The number of carbonyl (C=O) groups is 2. The Morgan fingerprint density at radius 3 is 2.52 bits per heavy atom. The normalized spacial score (nSPS) is 22.1. The monoisotopic (exact) mass is 310 g/mol. The first-order chi connectivity index (χ1) is 9.78. The number of esters is 1. The van der Waals surface area contributed by atoms with Gasteiger partial charge in [0.1, 0.15) is 6.54 Å². The van der Waals surface area contributed by atoms with Crippen LogP contribution in [-0.2, 0) is 14.3 Å². The SMILES string of the molecule is COC(=O)CCN(CC(F)(F)F)C(=O)C1CCCC1CN. The fourth-order valence-corrected chi connectivity index (χ4v) is 2.69. The van der Waals surface area contributed by atoms with Crippen LogP contribution in [0, 0.1) is 11.8 Å². The summed E-state index contributed by atoms with van der Waals surface area (Å²) in [6, 6.07) is 0. The molecule has 5 nitrogen and oxygen atoms in total. The Labute approximate surface area is 121 Å². The van der Waals surface area contributed by atoms with Crippen LogP contribution < -0.4 is 5.73 Å². The number of halogens is 3. The summed E-state index contributed by atoms with van der Waals surface area (Å²) in [5, 5.41) is 0. The van der Waals surface area contributed by atoms with Crippen LogP contribution in [-0.4, -0.2) is 49.7 Å². The van der Waals surface area contributed by atoms with Gasteiger partial charge in [-0.3, -0.25) is 9.59 Å². The second kappa shape index (κ2) is 7.63. The van der Waals surface area contributed by atoms with E-state index in [1.807, 2.05) is 0 Å². The lowest BCUT2D eigenvalue weighted by Gasteiger charge is -2.28. The Balaban J connectivity index is 2.74. The van der Waals surface area contributed by atoms with E-state index in [9.17, 15) is 22.8 Å². The van der Waals surface area contributed by atoms with Gasteiger partial charge in [0, 0.05) is 12.5 Å². The number of ether oxygens (including phenoxy) is 1. The molecule has 1 aliphatic rings. The Bertz CT molecular complexity index is 374. The number of carbonyl (C=O) groups excluding carboxylic acids is 2. The molecule has 0 aliphatic heterocycles. The first-order valence-electron chi connectivity index (χ1n) is 6.91. The second-order valence-corrected chi connectivity index (χ2v) is 5.23. The molecule has 2 unspecified atom stereocenters. The van der Waals surface area contributed by atoms with E-state index in [1.165, 1.54) is 0 Å². The minimum Gasteiger partial charge on any atom is -0.469 e. The number of hydrogen-bond acceptors (Lipinski definition) is 4. The van der Waals surface area contributed by atoms with Crippen molar-refractivity contribution in [3.63, 3.8) is 0 Å². The van der Waals surface area contributed by atoms with Crippen molar-refractivity contribution in [1.82, 2.24) is 4.90 Å². The van der Waals surface area contributed by atoms with Crippen molar-refractivity contribution in [1.29, 1.82) is 0 Å². The summed E-state index contributed by atoms with van der Waals surface area (Å²) in [4.78, 5) is 24.1. The molecule has 21 heavy (non-hydrogen) atoms. The Hall–Kier alpha value is -1.31. The zero-order valence-corrected chi connectivity index (χ0v) is 12.0. The molecular formula is C13H21F3N2O3. The number of rotatable bonds is 6. The van der Waals surface area contributed by atoms with Gasteiger partial charge >= 0.3 is 12.1 Å². The number of nitrogens with two attached hydrogens (primary N) is 1. The largest absolute Gasteiger partial charge is 0.469 e. The first kappa shape index (κ1) is 17.7. The summed E-state index contributed by atoms with van der Waals surface area (Å²) in [7, 11) is 1.15. The molecule has 1 saturated carbocycles. The molecule has 2 N–H and O–H groups in total. The molecule has 1 fully saturated rings. The highest BCUT2D eigenvalue weighted by molar-refractivity contribution is 5.80. The average Bonchev–Trinajstić information content (AvgIpc) is 2.89. The van der Waals surface area contributed by atoms with E-state index in [0.29, 0.717) is 11.3 Å². The van der Waals surface area contributed by atoms with Crippen LogP contribution in [0.25, 0.3) is 0 Å². The number of nitrogens with zero attached hydrogens (tertiary/aromatic N) is 1. The van der Waals surface area contributed by atoms with Crippen LogP contribution in [0.5, 0.6) is 0 Å². The third kappa shape index (κ3) is 5.53. The van der Waals surface area contributed by atoms with Crippen molar-refractivity contribution < 1.29 is 27.5 Å². The molecule has 1 aliphatic carbocycles. The van der Waals surface area contributed by atoms with Crippen molar-refractivity contribution in [3.8, 4) is 0 Å². The van der Waals surface area contributed by atoms with Gasteiger partial charge in [0.15, 0.2) is 0 Å². The van der Waals surface area contributed by atoms with Crippen LogP contribution >= 0.6 is 0 Å². The molecule has 1 rings (SSSR count). The highest BCUT2D eigenvalue weighted by Gasteiger charge is 2.39. The maximum atomic E-state index is 12.6. The lowest BCUT2D eigenvalue weighted by Crippen LogP contribution is -2.44. The van der Waals surface area contributed by atoms with Crippen LogP contribution in [0.3, 0.4) is 0 Å². The van der Waals surface area contributed by atoms with E-state index in [2.05, 4.69) is 4.74 Å². The summed E-state index contributed by atoms with van der Waals surface area (Å²) >= 11 is 0.